The molecule has 0 bridgehead atoms. The van der Waals surface area contributed by atoms with Crippen molar-refractivity contribution in [3.8, 4) is 11.3 Å². The fourth-order valence-electron chi connectivity index (χ4n) is 4.90. The van der Waals surface area contributed by atoms with Gasteiger partial charge in [0.25, 0.3) is 0 Å². The molecule has 166 valence electrons. The van der Waals surface area contributed by atoms with E-state index in [4.69, 9.17) is 0 Å². The van der Waals surface area contributed by atoms with Crippen LogP contribution in [0.25, 0.3) is 11.3 Å². The van der Waals surface area contributed by atoms with Gasteiger partial charge in [-0.15, -0.1) is 0 Å². The second-order valence-corrected chi connectivity index (χ2v) is 8.85. The molecule has 1 amide bonds. The fraction of sp³-hybridized carbons (Fsp3) is 0.385. The van der Waals surface area contributed by atoms with Crippen LogP contribution >= 0.6 is 0 Å². The lowest BCUT2D eigenvalue weighted by atomic mass is 9.98. The van der Waals surface area contributed by atoms with Crippen molar-refractivity contribution < 1.29 is 9.18 Å². The van der Waals surface area contributed by atoms with Crippen molar-refractivity contribution in [2.75, 3.05) is 19.6 Å². The number of benzene rings is 2. The molecule has 0 radical (unpaired) electrons. The van der Waals surface area contributed by atoms with Gasteiger partial charge in [0.1, 0.15) is 11.6 Å². The van der Waals surface area contributed by atoms with E-state index in [9.17, 15) is 9.18 Å². The molecule has 1 atom stereocenters. The summed E-state index contributed by atoms with van der Waals surface area (Å²) >= 11 is 0. The van der Waals surface area contributed by atoms with Crippen LogP contribution in [0.4, 0.5) is 4.39 Å². The van der Waals surface area contributed by atoms with Crippen LogP contribution in [0.15, 0.2) is 54.7 Å². The number of nitrogens with zero attached hydrogens (tertiary/aromatic N) is 3. The second-order valence-electron chi connectivity index (χ2n) is 8.85. The van der Waals surface area contributed by atoms with E-state index in [1.807, 2.05) is 6.20 Å². The molecule has 0 fully saturated rings. The maximum absolute atomic E-state index is 13.3. The van der Waals surface area contributed by atoms with Gasteiger partial charge in [-0.3, -0.25) is 9.69 Å². The normalized spacial score (nSPS) is 18.1. The number of rotatable bonds is 6. The fourth-order valence-corrected chi connectivity index (χ4v) is 4.90. The Bertz CT molecular complexity index is 1090. The predicted molar refractivity (Wildman–Crippen MR) is 122 cm³/mol. The molecule has 1 N–H and O–H groups in total. The molecule has 2 aliphatic heterocycles. The number of fused-ring (bicyclic) bond motifs is 2. The summed E-state index contributed by atoms with van der Waals surface area (Å²) in [5.41, 5.74) is 4.77. The molecular weight excluding hydrogens is 403 g/mol. The van der Waals surface area contributed by atoms with E-state index in [-0.39, 0.29) is 17.6 Å². The number of carbonyl (C=O) groups is 1. The topological polar surface area (TPSA) is 50.2 Å². The van der Waals surface area contributed by atoms with Crippen LogP contribution in [0.5, 0.6) is 0 Å². The molecular formula is C26H29FN4O. The third kappa shape index (κ3) is 4.46. The highest BCUT2D eigenvalue weighted by Gasteiger charge is 2.27. The Labute approximate surface area is 188 Å². The van der Waals surface area contributed by atoms with E-state index in [0.29, 0.717) is 13.1 Å². The van der Waals surface area contributed by atoms with Crippen LogP contribution in [0.3, 0.4) is 0 Å². The summed E-state index contributed by atoms with van der Waals surface area (Å²) in [7, 11) is 0. The molecule has 2 aromatic carbocycles. The third-order valence-electron chi connectivity index (χ3n) is 6.73. The van der Waals surface area contributed by atoms with Crippen LogP contribution in [0, 0.1) is 11.7 Å². The lowest BCUT2D eigenvalue weighted by Gasteiger charge is -2.29. The van der Waals surface area contributed by atoms with Gasteiger partial charge in [-0.25, -0.2) is 9.37 Å². The van der Waals surface area contributed by atoms with Crippen molar-refractivity contribution in [1.82, 2.24) is 19.8 Å². The maximum atomic E-state index is 13.3. The number of halogens is 1. The SMILES string of the molecule is O=C(NCCCN1CCc2ccccc2C1)C1CCc2ncc(-c3ccc(F)cc3)n2C1. The van der Waals surface area contributed by atoms with Gasteiger partial charge in [0.15, 0.2) is 0 Å². The molecule has 2 aliphatic rings. The van der Waals surface area contributed by atoms with Gasteiger partial charge >= 0.3 is 0 Å². The standard InChI is InChI=1S/C26H29FN4O/c27-23-9-6-20(7-10-23)24-16-29-25-11-8-22(18-31(24)25)26(32)28-13-3-14-30-15-12-19-4-1-2-5-21(19)17-30/h1-2,4-7,9-10,16,22H,3,8,11-15,17-18H2,(H,28,32). The minimum absolute atomic E-state index is 0.0576. The molecule has 1 aromatic heterocycles. The highest BCUT2D eigenvalue weighted by Crippen LogP contribution is 2.28. The van der Waals surface area contributed by atoms with E-state index < -0.39 is 0 Å². The largest absolute Gasteiger partial charge is 0.356 e. The highest BCUT2D eigenvalue weighted by molar-refractivity contribution is 5.78. The van der Waals surface area contributed by atoms with Crippen LogP contribution in [-0.2, 0) is 30.7 Å². The Morgan fingerprint density at radius 3 is 2.75 bits per heavy atom. The van der Waals surface area contributed by atoms with Crippen molar-refractivity contribution in [2.24, 2.45) is 5.92 Å². The molecule has 0 aliphatic carbocycles. The minimum Gasteiger partial charge on any atom is -0.356 e. The van der Waals surface area contributed by atoms with Crippen LogP contribution in [0.1, 0.15) is 29.8 Å². The zero-order valence-electron chi connectivity index (χ0n) is 18.3. The molecule has 32 heavy (non-hydrogen) atoms. The third-order valence-corrected chi connectivity index (χ3v) is 6.73. The monoisotopic (exact) mass is 432 g/mol. The summed E-state index contributed by atoms with van der Waals surface area (Å²) in [6.45, 7) is 4.41. The summed E-state index contributed by atoms with van der Waals surface area (Å²) in [6.07, 6.45) is 5.49. The first-order chi connectivity index (χ1) is 15.7. The Balaban J connectivity index is 1.12. The van der Waals surface area contributed by atoms with Gasteiger partial charge in [-0.1, -0.05) is 24.3 Å². The maximum Gasteiger partial charge on any atom is 0.224 e. The molecule has 3 aromatic rings. The highest BCUT2D eigenvalue weighted by atomic mass is 19.1. The van der Waals surface area contributed by atoms with Gasteiger partial charge < -0.3 is 9.88 Å². The molecule has 0 spiro atoms. The predicted octanol–water partition coefficient (Wildman–Crippen LogP) is 3.82. The Kier molecular flexibility index (Phi) is 6.04. The van der Waals surface area contributed by atoms with Crippen molar-refractivity contribution >= 4 is 5.91 Å². The summed E-state index contributed by atoms with van der Waals surface area (Å²) in [4.78, 5) is 19.8. The first kappa shape index (κ1) is 20.9. The second kappa shape index (κ2) is 9.25. The summed E-state index contributed by atoms with van der Waals surface area (Å²) in [5, 5.41) is 3.15. The van der Waals surface area contributed by atoms with Crippen molar-refractivity contribution in [3.63, 3.8) is 0 Å². The molecule has 0 saturated carbocycles. The van der Waals surface area contributed by atoms with Crippen LogP contribution in [-0.4, -0.2) is 40.0 Å². The smallest absolute Gasteiger partial charge is 0.224 e. The lowest BCUT2D eigenvalue weighted by molar-refractivity contribution is -0.125. The van der Waals surface area contributed by atoms with Gasteiger partial charge in [0.2, 0.25) is 5.91 Å². The quantitative estimate of drug-likeness (QED) is 0.603. The Morgan fingerprint density at radius 1 is 1.09 bits per heavy atom. The Hall–Kier alpha value is -2.99. The van der Waals surface area contributed by atoms with E-state index in [2.05, 4.69) is 44.0 Å². The van der Waals surface area contributed by atoms with E-state index in [1.54, 1.807) is 12.1 Å². The number of hydrogen-bond acceptors (Lipinski definition) is 3. The van der Waals surface area contributed by atoms with Gasteiger partial charge in [0, 0.05) is 39.1 Å². The number of hydrogen-bond donors (Lipinski definition) is 1. The molecule has 3 heterocycles. The number of aromatic nitrogens is 2. The van der Waals surface area contributed by atoms with Crippen molar-refractivity contribution in [3.05, 3.63) is 77.5 Å². The van der Waals surface area contributed by atoms with Crippen LogP contribution < -0.4 is 5.32 Å². The minimum atomic E-state index is -0.252. The zero-order chi connectivity index (χ0) is 21.9. The number of imidazole rings is 1. The molecule has 5 rings (SSSR count). The van der Waals surface area contributed by atoms with E-state index in [1.165, 1.54) is 23.3 Å². The first-order valence-electron chi connectivity index (χ1n) is 11.5. The summed E-state index contributed by atoms with van der Waals surface area (Å²) in [5.74, 6) is 0.813. The first-order valence-corrected chi connectivity index (χ1v) is 11.5. The van der Waals surface area contributed by atoms with Crippen LogP contribution in [0.2, 0.25) is 0 Å². The van der Waals surface area contributed by atoms with Gasteiger partial charge in [0.05, 0.1) is 17.8 Å². The average molecular weight is 433 g/mol. The van der Waals surface area contributed by atoms with Gasteiger partial charge in [-0.2, -0.15) is 0 Å². The van der Waals surface area contributed by atoms with Crippen molar-refractivity contribution in [1.29, 1.82) is 0 Å². The molecule has 0 saturated heterocycles. The van der Waals surface area contributed by atoms with E-state index >= 15 is 0 Å². The van der Waals surface area contributed by atoms with Crippen molar-refractivity contribution in [2.45, 2.75) is 38.8 Å². The molecule has 6 heteroatoms. The molecule has 1 unspecified atom stereocenters. The average Bonchev–Trinajstić information content (AvgIpc) is 3.25. The molecule has 5 nitrogen and oxygen atoms in total. The number of aryl methyl sites for hydroxylation is 1. The number of carbonyl (C=O) groups excluding carboxylic acids is 1. The number of amides is 1. The number of nitrogens with one attached hydrogen (secondary N) is 1. The Morgan fingerprint density at radius 2 is 1.91 bits per heavy atom. The van der Waals surface area contributed by atoms with Gasteiger partial charge in [-0.05, 0) is 60.2 Å². The summed E-state index contributed by atoms with van der Waals surface area (Å²) < 4.78 is 15.4. The zero-order valence-corrected chi connectivity index (χ0v) is 18.3. The van der Waals surface area contributed by atoms with E-state index in [0.717, 1.165) is 62.4 Å². The lowest BCUT2D eigenvalue weighted by Crippen LogP contribution is -2.38. The summed E-state index contributed by atoms with van der Waals surface area (Å²) in [6, 6.07) is 15.1.